The highest BCUT2D eigenvalue weighted by Gasteiger charge is 2.27. The number of hydrogen-bond acceptors (Lipinski definition) is 4. The van der Waals surface area contributed by atoms with Crippen molar-refractivity contribution in [3.63, 3.8) is 0 Å². The van der Waals surface area contributed by atoms with Gasteiger partial charge in [-0.05, 0) is 36.8 Å². The van der Waals surface area contributed by atoms with Crippen molar-refractivity contribution in [2.75, 3.05) is 0 Å². The van der Waals surface area contributed by atoms with Gasteiger partial charge < -0.3 is 0 Å². The Bertz CT molecular complexity index is 1470. The van der Waals surface area contributed by atoms with Gasteiger partial charge in [0.15, 0.2) is 5.82 Å². The zero-order valence-corrected chi connectivity index (χ0v) is 20.8. The van der Waals surface area contributed by atoms with E-state index in [2.05, 4.69) is 30.3 Å². The second-order valence-corrected chi connectivity index (χ2v) is 9.62. The Hall–Kier alpha value is -4.24. The molecule has 36 heavy (non-hydrogen) atoms. The van der Waals surface area contributed by atoms with Crippen molar-refractivity contribution in [2.24, 2.45) is 0 Å². The van der Waals surface area contributed by atoms with E-state index >= 15 is 0 Å². The highest BCUT2D eigenvalue weighted by molar-refractivity contribution is 5.75. The maximum Gasteiger partial charge on any atom is 0.258 e. The molecular weight excluding hydrogens is 446 g/mol. The molecule has 0 fully saturated rings. The lowest BCUT2D eigenvalue weighted by molar-refractivity contribution is 0.486. The number of allylic oxidation sites excluding steroid dienone is 2. The van der Waals surface area contributed by atoms with E-state index in [4.69, 9.17) is 10.1 Å². The van der Waals surface area contributed by atoms with Crippen molar-refractivity contribution in [2.45, 2.75) is 51.6 Å². The average molecular weight is 476 g/mol. The van der Waals surface area contributed by atoms with Crippen LogP contribution in [0, 0.1) is 11.3 Å². The Labute approximate surface area is 211 Å². The maximum absolute atomic E-state index is 13.8. The Morgan fingerprint density at radius 3 is 2.25 bits per heavy atom. The first kappa shape index (κ1) is 23.5. The van der Waals surface area contributed by atoms with Crippen LogP contribution in [0.5, 0.6) is 0 Å². The quantitative estimate of drug-likeness (QED) is 0.348. The van der Waals surface area contributed by atoms with Crippen molar-refractivity contribution in [3.8, 4) is 17.3 Å². The summed E-state index contributed by atoms with van der Waals surface area (Å²) >= 11 is 0. The molecule has 0 saturated carbocycles. The highest BCUT2D eigenvalue weighted by atomic mass is 16.1. The van der Waals surface area contributed by atoms with Crippen molar-refractivity contribution >= 4 is 5.57 Å². The van der Waals surface area contributed by atoms with Crippen LogP contribution in [0.15, 0.2) is 83.9 Å². The predicted octanol–water partition coefficient (Wildman–Crippen LogP) is 6.13. The van der Waals surface area contributed by atoms with Crippen molar-refractivity contribution in [1.29, 1.82) is 5.26 Å². The lowest BCUT2D eigenvalue weighted by atomic mass is 9.98. The van der Waals surface area contributed by atoms with Gasteiger partial charge in [-0.15, -0.1) is 0 Å². The van der Waals surface area contributed by atoms with Crippen LogP contribution < -0.4 is 5.56 Å². The summed E-state index contributed by atoms with van der Waals surface area (Å²) in [5.41, 5.74) is 4.62. The van der Waals surface area contributed by atoms with Crippen LogP contribution in [0.1, 0.15) is 74.1 Å². The van der Waals surface area contributed by atoms with Crippen LogP contribution in [0.4, 0.5) is 0 Å². The Morgan fingerprint density at radius 1 is 1.03 bits per heavy atom. The standard InChI is InChI=1S/C30H29N5O/c1-20(2)26-27(33-29-24(17-31)16-10-11-21(3)35(29)30(26)36)25-18-32-34(19-25)28(22-12-6-4-7-13-22)23-14-8-5-9-15-23/h4-9,12-16,18-21,28H,10-11H2,1-3H3. The highest BCUT2D eigenvalue weighted by Crippen LogP contribution is 2.32. The summed E-state index contributed by atoms with van der Waals surface area (Å²) in [7, 11) is 0. The predicted molar refractivity (Wildman–Crippen MR) is 141 cm³/mol. The summed E-state index contributed by atoms with van der Waals surface area (Å²) in [4.78, 5) is 18.8. The number of nitrogens with zero attached hydrogens (tertiary/aromatic N) is 5. The van der Waals surface area contributed by atoms with Crippen LogP contribution in [0.3, 0.4) is 0 Å². The van der Waals surface area contributed by atoms with Crippen molar-refractivity contribution in [3.05, 3.63) is 112 Å². The van der Waals surface area contributed by atoms with E-state index in [9.17, 15) is 10.1 Å². The van der Waals surface area contributed by atoms with Gasteiger partial charge in [0.2, 0.25) is 0 Å². The van der Waals surface area contributed by atoms with Gasteiger partial charge in [-0.2, -0.15) is 10.4 Å². The minimum Gasteiger partial charge on any atom is -0.289 e. The molecule has 1 unspecified atom stereocenters. The summed E-state index contributed by atoms with van der Waals surface area (Å²) in [6.07, 6.45) is 7.17. The van der Waals surface area contributed by atoms with E-state index in [0.29, 0.717) is 22.7 Å². The molecule has 180 valence electrons. The smallest absolute Gasteiger partial charge is 0.258 e. The molecule has 0 bridgehead atoms. The van der Waals surface area contributed by atoms with Gasteiger partial charge in [0.1, 0.15) is 12.1 Å². The largest absolute Gasteiger partial charge is 0.289 e. The third-order valence-corrected chi connectivity index (χ3v) is 6.83. The lowest BCUT2D eigenvalue weighted by Gasteiger charge is -2.21. The molecule has 0 radical (unpaired) electrons. The molecule has 6 heteroatoms. The molecule has 4 aromatic rings. The summed E-state index contributed by atoms with van der Waals surface area (Å²) in [5.74, 6) is 0.410. The van der Waals surface area contributed by atoms with Crippen LogP contribution in [-0.4, -0.2) is 19.3 Å². The summed E-state index contributed by atoms with van der Waals surface area (Å²) < 4.78 is 3.64. The monoisotopic (exact) mass is 475 g/mol. The Morgan fingerprint density at radius 2 is 1.67 bits per heavy atom. The van der Waals surface area contributed by atoms with Crippen LogP contribution in [0.2, 0.25) is 0 Å². The van der Waals surface area contributed by atoms with E-state index in [1.807, 2.05) is 74.1 Å². The van der Waals surface area contributed by atoms with Crippen molar-refractivity contribution in [1.82, 2.24) is 19.3 Å². The number of benzene rings is 2. The summed E-state index contributed by atoms with van der Waals surface area (Å²) in [5, 5.41) is 14.6. The molecule has 0 aliphatic carbocycles. The van der Waals surface area contributed by atoms with Gasteiger partial charge in [-0.1, -0.05) is 80.6 Å². The molecule has 1 aliphatic heterocycles. The minimum absolute atomic E-state index is 0.0306. The van der Waals surface area contributed by atoms with E-state index < -0.39 is 0 Å². The fourth-order valence-corrected chi connectivity index (χ4v) is 5.04. The SMILES string of the molecule is CC(C)c1c(-c2cnn(C(c3ccccc3)c3ccccc3)c2)nc2n(c1=O)C(C)CCC=C2C#N. The summed E-state index contributed by atoms with van der Waals surface area (Å²) in [6, 6.07) is 22.6. The number of aromatic nitrogens is 4. The van der Waals surface area contributed by atoms with Gasteiger partial charge in [-0.25, -0.2) is 4.98 Å². The van der Waals surface area contributed by atoms with E-state index in [-0.39, 0.29) is 23.6 Å². The lowest BCUT2D eigenvalue weighted by Crippen LogP contribution is -2.31. The van der Waals surface area contributed by atoms with Gasteiger partial charge in [0.05, 0.1) is 17.5 Å². The molecule has 0 amide bonds. The number of rotatable bonds is 5. The second kappa shape index (κ2) is 9.79. The topological polar surface area (TPSA) is 76.5 Å². The molecule has 3 heterocycles. The third kappa shape index (κ3) is 4.18. The molecule has 1 aliphatic rings. The van der Waals surface area contributed by atoms with E-state index in [1.165, 1.54) is 0 Å². The first-order valence-corrected chi connectivity index (χ1v) is 12.4. The zero-order valence-electron chi connectivity index (χ0n) is 20.8. The molecule has 0 saturated heterocycles. The normalized spacial score (nSPS) is 15.3. The minimum atomic E-state index is -0.125. The molecular formula is C30H29N5O. The third-order valence-electron chi connectivity index (χ3n) is 6.83. The molecule has 1 atom stereocenters. The van der Waals surface area contributed by atoms with Gasteiger partial charge in [0, 0.05) is 23.4 Å². The second-order valence-electron chi connectivity index (χ2n) is 9.62. The molecule has 0 N–H and O–H groups in total. The first-order valence-electron chi connectivity index (χ1n) is 12.4. The molecule has 0 spiro atoms. The van der Waals surface area contributed by atoms with Gasteiger partial charge >= 0.3 is 0 Å². The van der Waals surface area contributed by atoms with E-state index in [1.54, 1.807) is 10.8 Å². The number of hydrogen-bond donors (Lipinski definition) is 0. The van der Waals surface area contributed by atoms with Crippen molar-refractivity contribution < 1.29 is 0 Å². The van der Waals surface area contributed by atoms with Gasteiger partial charge in [-0.3, -0.25) is 14.0 Å². The van der Waals surface area contributed by atoms with Crippen LogP contribution >= 0.6 is 0 Å². The Balaban J connectivity index is 1.70. The fourth-order valence-electron chi connectivity index (χ4n) is 5.04. The summed E-state index contributed by atoms with van der Waals surface area (Å²) in [6.45, 7) is 6.05. The maximum atomic E-state index is 13.8. The van der Waals surface area contributed by atoms with Crippen LogP contribution in [0.25, 0.3) is 16.8 Å². The van der Waals surface area contributed by atoms with E-state index in [0.717, 1.165) is 29.5 Å². The average Bonchev–Trinajstić information content (AvgIpc) is 3.30. The molecule has 5 rings (SSSR count). The zero-order chi connectivity index (χ0) is 25.2. The first-order chi connectivity index (χ1) is 17.5. The molecule has 6 nitrogen and oxygen atoms in total. The van der Waals surface area contributed by atoms with Gasteiger partial charge in [0.25, 0.3) is 5.56 Å². The Kier molecular flexibility index (Phi) is 6.39. The van der Waals surface area contributed by atoms with Crippen LogP contribution in [-0.2, 0) is 0 Å². The number of nitriles is 1. The molecule has 2 aromatic carbocycles. The number of fused-ring (bicyclic) bond motifs is 1. The fraction of sp³-hybridized carbons (Fsp3) is 0.267. The molecule has 2 aromatic heterocycles.